The number of aryl methyl sites for hydroxylation is 1. The number of hydrogen-bond donors (Lipinski definition) is 2. The number of H-pyrrole nitrogens is 1. The number of aromatic nitrogens is 3. The van der Waals surface area contributed by atoms with Gasteiger partial charge < -0.3 is 10.1 Å². The molecule has 2 N–H and O–H groups in total. The molecule has 4 aromatic rings. The fraction of sp³-hybridized carbons (Fsp3) is 0.111. The molecule has 0 atom stereocenters. The number of nitrogens with one attached hydrogen (secondary N) is 1. The minimum Gasteiger partial charge on any atom is -0.508 e. The highest BCUT2D eigenvalue weighted by Crippen LogP contribution is 2.22. The maximum absolute atomic E-state index is 12.7. The first-order chi connectivity index (χ1) is 11.1. The van der Waals surface area contributed by atoms with Crippen LogP contribution < -0.4 is 5.43 Å². The van der Waals surface area contributed by atoms with E-state index in [1.54, 1.807) is 30.1 Å². The van der Waals surface area contributed by atoms with E-state index in [-0.39, 0.29) is 11.2 Å². The first-order valence-corrected chi connectivity index (χ1v) is 7.37. The first kappa shape index (κ1) is 13.6. The topological polar surface area (TPSA) is 70.9 Å². The van der Waals surface area contributed by atoms with E-state index in [1.807, 2.05) is 30.3 Å². The molecular weight excluding hydrogens is 290 g/mol. The Labute approximate surface area is 131 Å². The Kier molecular flexibility index (Phi) is 2.94. The predicted molar refractivity (Wildman–Crippen MR) is 89.8 cm³/mol. The molecule has 23 heavy (non-hydrogen) atoms. The van der Waals surface area contributed by atoms with Crippen LogP contribution in [-0.4, -0.2) is 19.9 Å². The van der Waals surface area contributed by atoms with Crippen LogP contribution in [0, 0.1) is 0 Å². The van der Waals surface area contributed by atoms with Crippen LogP contribution in [0.3, 0.4) is 0 Å². The van der Waals surface area contributed by atoms with Gasteiger partial charge in [-0.2, -0.15) is 5.10 Å². The summed E-state index contributed by atoms with van der Waals surface area (Å²) in [5, 5.41) is 14.7. The number of benzene rings is 2. The Balaban J connectivity index is 1.89. The monoisotopic (exact) mass is 305 g/mol. The van der Waals surface area contributed by atoms with E-state index in [0.717, 1.165) is 22.2 Å². The molecule has 0 saturated carbocycles. The summed E-state index contributed by atoms with van der Waals surface area (Å²) < 4.78 is 1.59. The summed E-state index contributed by atoms with van der Waals surface area (Å²) in [6.07, 6.45) is 2.23. The van der Waals surface area contributed by atoms with E-state index in [0.29, 0.717) is 17.3 Å². The average Bonchev–Trinajstić information content (AvgIpc) is 2.92. The molecule has 5 heteroatoms. The Hall–Kier alpha value is -3.08. The number of phenolic OH excluding ortho intramolecular Hbond substituents is 1. The van der Waals surface area contributed by atoms with Crippen LogP contribution in [0.15, 0.2) is 53.5 Å². The second kappa shape index (κ2) is 4.98. The van der Waals surface area contributed by atoms with Crippen LogP contribution in [0.5, 0.6) is 5.75 Å². The van der Waals surface area contributed by atoms with E-state index in [4.69, 9.17) is 0 Å². The number of rotatable bonds is 2. The number of nitrogens with zero attached hydrogens (tertiary/aromatic N) is 2. The van der Waals surface area contributed by atoms with Crippen molar-refractivity contribution in [3.63, 3.8) is 0 Å². The molecule has 0 radical (unpaired) electrons. The van der Waals surface area contributed by atoms with E-state index in [9.17, 15) is 9.90 Å². The summed E-state index contributed by atoms with van der Waals surface area (Å²) in [7, 11) is 1.76. The predicted octanol–water partition coefficient (Wildman–Crippen LogP) is 2.71. The quantitative estimate of drug-likeness (QED) is 0.598. The lowest BCUT2D eigenvalue weighted by Crippen LogP contribution is -2.08. The Morgan fingerprint density at radius 2 is 2.00 bits per heavy atom. The van der Waals surface area contributed by atoms with Crippen LogP contribution in [0.2, 0.25) is 0 Å². The van der Waals surface area contributed by atoms with Crippen molar-refractivity contribution in [2.24, 2.45) is 7.05 Å². The van der Waals surface area contributed by atoms with Gasteiger partial charge in [0.15, 0.2) is 0 Å². The van der Waals surface area contributed by atoms with E-state index in [2.05, 4.69) is 10.1 Å². The molecule has 4 rings (SSSR count). The highest BCUT2D eigenvalue weighted by atomic mass is 16.3. The molecule has 0 aliphatic heterocycles. The molecule has 0 aliphatic carbocycles. The highest BCUT2D eigenvalue weighted by Gasteiger charge is 2.10. The number of fused-ring (bicyclic) bond motifs is 2. The summed E-state index contributed by atoms with van der Waals surface area (Å²) in [5.74, 6) is 0.267. The van der Waals surface area contributed by atoms with Crippen molar-refractivity contribution in [3.05, 3.63) is 70.0 Å². The lowest BCUT2D eigenvalue weighted by molar-refractivity contribution is 0.469. The Morgan fingerprint density at radius 1 is 1.17 bits per heavy atom. The number of aromatic amines is 1. The molecule has 0 amide bonds. The van der Waals surface area contributed by atoms with Gasteiger partial charge in [0.25, 0.3) is 0 Å². The SMILES string of the molecule is Cn1ncc2[nH]c3ccc(Cc4ccccc4O)cc3c(=O)c21. The largest absolute Gasteiger partial charge is 0.508 e. The van der Waals surface area contributed by atoms with Gasteiger partial charge in [-0.3, -0.25) is 9.48 Å². The summed E-state index contributed by atoms with van der Waals surface area (Å²) in [6, 6.07) is 13.0. The van der Waals surface area contributed by atoms with Gasteiger partial charge in [0.1, 0.15) is 11.3 Å². The van der Waals surface area contributed by atoms with Gasteiger partial charge in [0.05, 0.1) is 11.7 Å². The van der Waals surface area contributed by atoms with Crippen LogP contribution in [0.25, 0.3) is 21.9 Å². The highest BCUT2D eigenvalue weighted by molar-refractivity contribution is 5.90. The van der Waals surface area contributed by atoms with Crippen molar-refractivity contribution >= 4 is 21.9 Å². The normalized spacial score (nSPS) is 11.3. The van der Waals surface area contributed by atoms with Crippen molar-refractivity contribution in [2.45, 2.75) is 6.42 Å². The maximum atomic E-state index is 12.7. The fourth-order valence-electron chi connectivity index (χ4n) is 2.95. The molecule has 0 spiro atoms. The molecular formula is C18H15N3O2. The van der Waals surface area contributed by atoms with Crippen molar-refractivity contribution in [3.8, 4) is 5.75 Å². The molecule has 0 aliphatic rings. The number of phenols is 1. The molecule has 2 heterocycles. The van der Waals surface area contributed by atoms with E-state index in [1.165, 1.54) is 0 Å². The van der Waals surface area contributed by atoms with Crippen molar-refractivity contribution in [2.75, 3.05) is 0 Å². The summed E-state index contributed by atoms with van der Waals surface area (Å²) in [4.78, 5) is 16.0. The minimum absolute atomic E-state index is 0.0344. The molecule has 0 fully saturated rings. The zero-order valence-electron chi connectivity index (χ0n) is 12.6. The smallest absolute Gasteiger partial charge is 0.215 e. The van der Waals surface area contributed by atoms with Gasteiger partial charge in [-0.1, -0.05) is 24.3 Å². The van der Waals surface area contributed by atoms with Gasteiger partial charge in [-0.25, -0.2) is 0 Å². The van der Waals surface area contributed by atoms with Crippen LogP contribution in [-0.2, 0) is 13.5 Å². The van der Waals surface area contributed by atoms with Crippen molar-refractivity contribution in [1.82, 2.24) is 14.8 Å². The van der Waals surface area contributed by atoms with Crippen LogP contribution in [0.4, 0.5) is 0 Å². The molecule has 0 unspecified atom stereocenters. The molecule has 0 bridgehead atoms. The maximum Gasteiger partial charge on any atom is 0.215 e. The molecule has 0 saturated heterocycles. The third kappa shape index (κ3) is 2.17. The number of hydrogen-bond acceptors (Lipinski definition) is 3. The van der Waals surface area contributed by atoms with Crippen molar-refractivity contribution in [1.29, 1.82) is 0 Å². The summed E-state index contributed by atoms with van der Waals surface area (Å²) in [5.41, 5.74) is 3.87. The fourth-order valence-corrected chi connectivity index (χ4v) is 2.95. The number of aromatic hydroxyl groups is 1. The summed E-state index contributed by atoms with van der Waals surface area (Å²) >= 11 is 0. The molecule has 5 nitrogen and oxygen atoms in total. The number of pyridine rings is 1. The second-order valence-corrected chi connectivity index (χ2v) is 5.67. The zero-order valence-corrected chi connectivity index (χ0v) is 12.6. The first-order valence-electron chi connectivity index (χ1n) is 7.37. The van der Waals surface area contributed by atoms with Crippen LogP contribution in [0.1, 0.15) is 11.1 Å². The third-order valence-corrected chi connectivity index (χ3v) is 4.14. The average molecular weight is 305 g/mol. The van der Waals surface area contributed by atoms with E-state index < -0.39 is 0 Å². The van der Waals surface area contributed by atoms with Gasteiger partial charge >= 0.3 is 0 Å². The lowest BCUT2D eigenvalue weighted by atomic mass is 10.0. The minimum atomic E-state index is -0.0344. The van der Waals surface area contributed by atoms with E-state index >= 15 is 0 Å². The Morgan fingerprint density at radius 3 is 2.83 bits per heavy atom. The Bertz CT molecular complexity index is 1090. The zero-order chi connectivity index (χ0) is 16.0. The lowest BCUT2D eigenvalue weighted by Gasteiger charge is -2.06. The van der Waals surface area contributed by atoms with Gasteiger partial charge in [-0.05, 0) is 29.3 Å². The van der Waals surface area contributed by atoms with Gasteiger partial charge in [-0.15, -0.1) is 0 Å². The third-order valence-electron chi connectivity index (χ3n) is 4.14. The van der Waals surface area contributed by atoms with Gasteiger partial charge in [0, 0.05) is 24.4 Å². The second-order valence-electron chi connectivity index (χ2n) is 5.67. The molecule has 2 aromatic carbocycles. The summed E-state index contributed by atoms with van der Waals surface area (Å²) in [6.45, 7) is 0. The molecule has 114 valence electrons. The van der Waals surface area contributed by atoms with Crippen molar-refractivity contribution < 1.29 is 5.11 Å². The number of para-hydroxylation sites is 1. The van der Waals surface area contributed by atoms with Gasteiger partial charge in [0.2, 0.25) is 5.43 Å². The standard InChI is InChI=1S/C18H15N3O2/c1-21-17-15(10-19-21)20-14-7-6-11(9-13(14)18(17)23)8-12-4-2-3-5-16(12)22/h2-7,9-10,22H,8H2,1H3,(H,20,23). The van der Waals surface area contributed by atoms with Crippen LogP contribution >= 0.6 is 0 Å². The molecule has 2 aromatic heterocycles.